The highest BCUT2D eigenvalue weighted by atomic mass is 19.4. The third-order valence-electron chi connectivity index (χ3n) is 10.7. The van der Waals surface area contributed by atoms with Gasteiger partial charge in [0.25, 0.3) is 0 Å². The molecule has 0 bridgehead atoms. The number of halogens is 3. The van der Waals surface area contributed by atoms with Crippen LogP contribution in [0.25, 0.3) is 5.65 Å². The number of nitrogens with zero attached hydrogens (tertiary/aromatic N) is 4. The number of hydrogen-bond acceptors (Lipinski definition) is 7. The highest BCUT2D eigenvalue weighted by Crippen LogP contribution is 2.51. The fourth-order valence-electron chi connectivity index (χ4n) is 8.18. The van der Waals surface area contributed by atoms with Gasteiger partial charge in [0.1, 0.15) is 0 Å². The maximum atomic E-state index is 13.8. The number of alkyl halides is 3. The molecule has 3 aliphatic rings. The van der Waals surface area contributed by atoms with Gasteiger partial charge in [0.15, 0.2) is 23.5 Å². The van der Waals surface area contributed by atoms with Crippen LogP contribution < -0.4 is 10.6 Å². The van der Waals surface area contributed by atoms with Crippen LogP contribution in [0.1, 0.15) is 85.9 Å². The van der Waals surface area contributed by atoms with Crippen molar-refractivity contribution < 1.29 is 27.5 Å². The Hall–Kier alpha value is -3.47. The zero-order valence-electron chi connectivity index (χ0n) is 25.9. The van der Waals surface area contributed by atoms with E-state index in [1.807, 2.05) is 6.07 Å². The van der Waals surface area contributed by atoms with Crippen molar-refractivity contribution in [2.45, 2.75) is 83.7 Å². The molecular formula is C34H42F3N5O3. The molecule has 1 aromatic carbocycles. The van der Waals surface area contributed by atoms with Gasteiger partial charge in [0, 0.05) is 31.5 Å². The molecular weight excluding hydrogens is 583 g/mol. The highest BCUT2D eigenvalue weighted by Gasteiger charge is 2.45. The second kappa shape index (κ2) is 12.7. The van der Waals surface area contributed by atoms with Crippen molar-refractivity contribution in [2.24, 2.45) is 17.3 Å². The van der Waals surface area contributed by atoms with Gasteiger partial charge in [-0.15, -0.1) is 5.10 Å². The number of hydrogen-bond donors (Lipinski definition) is 1. The molecule has 1 saturated heterocycles. The van der Waals surface area contributed by atoms with Crippen molar-refractivity contribution in [1.29, 1.82) is 0 Å². The molecule has 3 aromatic rings. The van der Waals surface area contributed by atoms with Gasteiger partial charge in [0.2, 0.25) is 0 Å². The molecule has 242 valence electrons. The van der Waals surface area contributed by atoms with Crippen LogP contribution in [0.3, 0.4) is 0 Å². The first-order valence-electron chi connectivity index (χ1n) is 16.2. The lowest BCUT2D eigenvalue weighted by Crippen LogP contribution is -2.39. The maximum Gasteiger partial charge on any atom is 0.416 e. The molecule has 2 aliphatic carbocycles. The van der Waals surface area contributed by atoms with E-state index in [1.165, 1.54) is 13.0 Å². The van der Waals surface area contributed by atoms with E-state index in [0.29, 0.717) is 61.7 Å². The van der Waals surface area contributed by atoms with E-state index in [4.69, 9.17) is 20.6 Å². The highest BCUT2D eigenvalue weighted by molar-refractivity contribution is 6.26. The quantitative estimate of drug-likeness (QED) is 0.249. The topological polar surface area (TPSA) is 103 Å². The predicted molar refractivity (Wildman–Crippen MR) is 165 cm³/mol. The molecule has 1 aliphatic heterocycles. The second-order valence-electron chi connectivity index (χ2n) is 13.2. The number of aromatic nitrogens is 3. The summed E-state index contributed by atoms with van der Waals surface area (Å²) in [6, 6.07) is 6.14. The van der Waals surface area contributed by atoms with E-state index in [2.05, 4.69) is 4.90 Å². The summed E-state index contributed by atoms with van der Waals surface area (Å²) < 4.78 is 48.8. The van der Waals surface area contributed by atoms with Gasteiger partial charge in [-0.05, 0) is 74.0 Å². The second-order valence-corrected chi connectivity index (χ2v) is 13.2. The molecule has 1 spiro atoms. The molecule has 2 saturated carbocycles. The lowest BCUT2D eigenvalue weighted by molar-refractivity contribution is -0.138. The fourth-order valence-corrected chi connectivity index (χ4v) is 8.18. The predicted octanol–water partition coefficient (Wildman–Crippen LogP) is 6.13. The summed E-state index contributed by atoms with van der Waals surface area (Å²) >= 11 is 0. The van der Waals surface area contributed by atoms with Crippen molar-refractivity contribution in [3.63, 3.8) is 0 Å². The van der Waals surface area contributed by atoms with Crippen molar-refractivity contribution in [3.8, 4) is 0 Å². The number of ether oxygens (including phenoxy) is 1. The van der Waals surface area contributed by atoms with Gasteiger partial charge in [-0.2, -0.15) is 13.2 Å². The molecule has 3 fully saturated rings. The monoisotopic (exact) mass is 625 g/mol. The Labute approximate surface area is 261 Å². The van der Waals surface area contributed by atoms with Crippen LogP contribution in [0, 0.1) is 24.2 Å². The number of carbonyl (C=O) groups is 2. The average Bonchev–Trinajstić information content (AvgIpc) is 3.24. The summed E-state index contributed by atoms with van der Waals surface area (Å²) in [5.74, 6) is 0.517. The van der Waals surface area contributed by atoms with E-state index >= 15 is 0 Å². The van der Waals surface area contributed by atoms with Gasteiger partial charge >= 0.3 is 6.18 Å². The third-order valence-corrected chi connectivity index (χ3v) is 10.7. The number of ketones is 1. The number of carbonyl (C=O) groups excluding carboxylic acids is 2. The standard InChI is InChI=1S/C34H42F3N5O3/c1-22-24(7-4-9-25(22)34(35,36)37)19-29-28(39-32-27(38)20-31(40-42(29)32)41-14-16-45-17-15-41)18-23-6-5-12-33(13-10-23)11-3-2-8-26(33)30(44)21-43/h4,7,9,20-21,23,26H,2-3,5-6,8,10-19,38H2,1H3. The first-order chi connectivity index (χ1) is 21.6. The summed E-state index contributed by atoms with van der Waals surface area (Å²) in [6.07, 6.45) is 5.41. The van der Waals surface area contributed by atoms with Crippen LogP contribution in [0.5, 0.6) is 0 Å². The van der Waals surface area contributed by atoms with Gasteiger partial charge in [-0.3, -0.25) is 9.59 Å². The number of Topliss-reactive ketones (excluding diaryl/α,β-unsaturated/α-hetero) is 1. The molecule has 6 rings (SSSR count). The van der Waals surface area contributed by atoms with Crippen LogP contribution in [0.4, 0.5) is 24.7 Å². The Morgan fingerprint density at radius 2 is 1.89 bits per heavy atom. The molecule has 3 heterocycles. The minimum atomic E-state index is -4.45. The maximum absolute atomic E-state index is 13.8. The Morgan fingerprint density at radius 3 is 2.64 bits per heavy atom. The lowest BCUT2D eigenvalue weighted by atomic mass is 9.61. The van der Waals surface area contributed by atoms with Crippen LogP contribution in [0.2, 0.25) is 0 Å². The summed E-state index contributed by atoms with van der Waals surface area (Å²) in [7, 11) is 0. The van der Waals surface area contributed by atoms with Gasteiger partial charge in [-0.1, -0.05) is 37.8 Å². The normalized spacial score (nSPS) is 24.6. The number of rotatable bonds is 7. The number of imidazole rings is 1. The first-order valence-corrected chi connectivity index (χ1v) is 16.2. The van der Waals surface area contributed by atoms with Crippen LogP contribution in [-0.4, -0.2) is 53.0 Å². The molecule has 45 heavy (non-hydrogen) atoms. The first kappa shape index (κ1) is 31.5. The van der Waals surface area contributed by atoms with Gasteiger partial charge < -0.3 is 15.4 Å². The molecule has 3 unspecified atom stereocenters. The summed E-state index contributed by atoms with van der Waals surface area (Å²) in [5, 5.41) is 4.95. The zero-order chi connectivity index (χ0) is 31.8. The Kier molecular flexibility index (Phi) is 8.91. The Bertz CT molecular complexity index is 1560. The minimum absolute atomic E-state index is 0.124. The van der Waals surface area contributed by atoms with Crippen molar-refractivity contribution in [3.05, 3.63) is 52.3 Å². The van der Waals surface area contributed by atoms with Gasteiger partial charge in [0.05, 0.1) is 35.9 Å². The fraction of sp³-hybridized carbons (Fsp3) is 0.588. The van der Waals surface area contributed by atoms with E-state index in [1.54, 1.807) is 10.6 Å². The van der Waals surface area contributed by atoms with Crippen molar-refractivity contribution in [1.82, 2.24) is 14.6 Å². The van der Waals surface area contributed by atoms with E-state index in [-0.39, 0.29) is 35.0 Å². The minimum Gasteiger partial charge on any atom is -0.396 e. The Morgan fingerprint density at radius 1 is 1.11 bits per heavy atom. The van der Waals surface area contributed by atoms with E-state index in [0.717, 1.165) is 75.2 Å². The molecule has 2 N–H and O–H groups in total. The van der Waals surface area contributed by atoms with Crippen LogP contribution in [0.15, 0.2) is 24.3 Å². The number of fused-ring (bicyclic) bond motifs is 1. The molecule has 2 aromatic heterocycles. The number of morpholine rings is 1. The number of aldehydes is 1. The average molecular weight is 626 g/mol. The van der Waals surface area contributed by atoms with Crippen molar-refractivity contribution in [2.75, 3.05) is 36.9 Å². The van der Waals surface area contributed by atoms with E-state index < -0.39 is 11.7 Å². The molecule has 11 heteroatoms. The smallest absolute Gasteiger partial charge is 0.396 e. The number of benzene rings is 1. The molecule has 0 amide bonds. The number of anilines is 2. The summed E-state index contributed by atoms with van der Waals surface area (Å²) in [4.78, 5) is 31.2. The Balaban J connectivity index is 1.36. The number of nitrogen functional groups attached to an aromatic ring is 1. The zero-order valence-corrected chi connectivity index (χ0v) is 25.9. The van der Waals surface area contributed by atoms with E-state index in [9.17, 15) is 22.8 Å². The number of nitrogens with two attached hydrogens (primary N) is 1. The molecule has 0 radical (unpaired) electrons. The van der Waals surface area contributed by atoms with Crippen LogP contribution >= 0.6 is 0 Å². The van der Waals surface area contributed by atoms with Gasteiger partial charge in [-0.25, -0.2) is 9.50 Å². The third kappa shape index (κ3) is 6.33. The summed E-state index contributed by atoms with van der Waals surface area (Å²) in [6.45, 7) is 4.01. The van der Waals surface area contributed by atoms with Crippen LogP contribution in [-0.2, 0) is 33.3 Å². The molecule has 3 atom stereocenters. The summed E-state index contributed by atoms with van der Waals surface area (Å²) in [5.41, 5.74) is 9.10. The van der Waals surface area contributed by atoms with Crippen molar-refractivity contribution >= 4 is 29.2 Å². The molecule has 8 nitrogen and oxygen atoms in total. The largest absolute Gasteiger partial charge is 0.416 e. The SMILES string of the molecule is Cc1c(Cc2c(CC3CCCC4(CCCCC4C(=O)C=O)CC3)nc3c(N)cc(N4CCOCC4)nn23)cccc1C(F)(F)F. The lowest BCUT2D eigenvalue weighted by Gasteiger charge is -2.42.